The van der Waals surface area contributed by atoms with Crippen molar-refractivity contribution in [2.75, 3.05) is 24.5 Å². The Bertz CT molecular complexity index is 1120. The van der Waals surface area contributed by atoms with Gasteiger partial charge in [0.25, 0.3) is 5.91 Å². The lowest BCUT2D eigenvalue weighted by Crippen LogP contribution is -2.29. The highest BCUT2D eigenvalue weighted by Crippen LogP contribution is 2.38. The number of benzene rings is 1. The zero-order valence-electron chi connectivity index (χ0n) is 16.3. The van der Waals surface area contributed by atoms with Gasteiger partial charge in [0.15, 0.2) is 0 Å². The lowest BCUT2D eigenvalue weighted by molar-refractivity contribution is 0.0767. The lowest BCUT2D eigenvalue weighted by atomic mass is 10.0. The maximum atomic E-state index is 14.4. The fourth-order valence-corrected chi connectivity index (χ4v) is 4.58. The van der Waals surface area contributed by atoms with Crippen LogP contribution in [-0.4, -0.2) is 51.3 Å². The normalized spacial score (nSPS) is 21.7. The van der Waals surface area contributed by atoms with Crippen LogP contribution in [0.5, 0.6) is 0 Å². The third-order valence-corrected chi connectivity index (χ3v) is 6.09. The van der Waals surface area contributed by atoms with Crippen molar-refractivity contribution in [1.82, 2.24) is 14.5 Å². The number of aromatic nitrogens is 2. The van der Waals surface area contributed by atoms with Gasteiger partial charge in [0.2, 0.25) is 0 Å². The first-order chi connectivity index (χ1) is 14.5. The van der Waals surface area contributed by atoms with Crippen LogP contribution in [0.2, 0.25) is 0 Å². The van der Waals surface area contributed by atoms with Gasteiger partial charge in [-0.25, -0.2) is 13.3 Å². The molecule has 2 aliphatic rings. The number of carbonyl (C=O) groups is 1. The predicted octanol–water partition coefficient (Wildman–Crippen LogP) is 3.16. The molecule has 0 radical (unpaired) electrons. The van der Waals surface area contributed by atoms with E-state index in [2.05, 4.69) is 10.00 Å². The number of hydrogen-bond donors (Lipinski definition) is 1. The number of rotatable bonds is 3. The zero-order valence-corrected chi connectivity index (χ0v) is 16.3. The Morgan fingerprint density at radius 2 is 2.00 bits per heavy atom. The van der Waals surface area contributed by atoms with Gasteiger partial charge >= 0.3 is 0 Å². The number of likely N-dealkylation sites (tertiary alicyclic amines) is 1. The molecule has 2 atom stereocenters. The second-order valence-electron chi connectivity index (χ2n) is 7.98. The molecule has 3 aromatic rings. The Labute approximate surface area is 172 Å². The minimum absolute atomic E-state index is 0.159. The van der Waals surface area contributed by atoms with Gasteiger partial charge in [0, 0.05) is 37.1 Å². The third kappa shape index (κ3) is 3.21. The van der Waals surface area contributed by atoms with E-state index in [1.165, 1.54) is 12.1 Å². The molecule has 2 saturated heterocycles. The van der Waals surface area contributed by atoms with Crippen LogP contribution >= 0.6 is 0 Å². The van der Waals surface area contributed by atoms with E-state index in [4.69, 9.17) is 0 Å². The van der Waals surface area contributed by atoms with Gasteiger partial charge in [0.1, 0.15) is 11.6 Å². The Morgan fingerprint density at radius 3 is 2.80 bits per heavy atom. The van der Waals surface area contributed by atoms with Gasteiger partial charge in [-0.15, -0.1) is 0 Å². The summed E-state index contributed by atoms with van der Waals surface area (Å²) >= 11 is 0. The fraction of sp³-hybridized carbons (Fsp3) is 0.364. The van der Waals surface area contributed by atoms with Crippen LogP contribution < -0.4 is 4.90 Å². The molecule has 4 heterocycles. The third-order valence-electron chi connectivity index (χ3n) is 6.09. The number of nitrogens with zero attached hydrogens (tertiary/aromatic N) is 4. The van der Waals surface area contributed by atoms with Gasteiger partial charge in [-0.2, -0.15) is 5.10 Å². The van der Waals surface area contributed by atoms with Crippen molar-refractivity contribution >= 4 is 17.1 Å². The van der Waals surface area contributed by atoms with Crippen LogP contribution in [0, 0.1) is 11.6 Å². The summed E-state index contributed by atoms with van der Waals surface area (Å²) in [5.41, 5.74) is 2.32. The first kappa shape index (κ1) is 19.0. The Hall–Kier alpha value is -3.00. The zero-order chi connectivity index (χ0) is 20.8. The fourth-order valence-electron chi connectivity index (χ4n) is 4.58. The standard InChI is InChI=1S/C22H22F2N4O2/c23-14-3-4-19(24)17(10-14)20-2-1-7-27(20)15-5-9-28-21(11-15)18(12-25-28)22(30)26-8-6-16(29)13-26/h3-5,9-12,16,20,29H,1-2,6-8,13H2. The van der Waals surface area contributed by atoms with E-state index >= 15 is 0 Å². The van der Waals surface area contributed by atoms with E-state index in [1.807, 2.05) is 12.1 Å². The molecule has 2 fully saturated rings. The molecule has 0 aliphatic carbocycles. The first-order valence-corrected chi connectivity index (χ1v) is 10.2. The lowest BCUT2D eigenvalue weighted by Gasteiger charge is -2.27. The number of fused-ring (bicyclic) bond motifs is 1. The molecule has 1 N–H and O–H groups in total. The topological polar surface area (TPSA) is 61.1 Å². The molecule has 5 rings (SSSR count). The van der Waals surface area contributed by atoms with Crippen LogP contribution in [0.15, 0.2) is 42.7 Å². The van der Waals surface area contributed by atoms with E-state index in [1.54, 1.807) is 21.8 Å². The molecule has 8 heteroatoms. The second kappa shape index (κ2) is 7.36. The number of halogens is 2. The van der Waals surface area contributed by atoms with Crippen molar-refractivity contribution in [3.8, 4) is 0 Å². The Balaban J connectivity index is 1.50. The van der Waals surface area contributed by atoms with Gasteiger partial charge in [-0.1, -0.05) is 0 Å². The summed E-state index contributed by atoms with van der Waals surface area (Å²) in [4.78, 5) is 16.6. The van der Waals surface area contributed by atoms with Crippen molar-refractivity contribution in [2.45, 2.75) is 31.4 Å². The molecular weight excluding hydrogens is 390 g/mol. The maximum Gasteiger partial charge on any atom is 0.257 e. The van der Waals surface area contributed by atoms with E-state index in [-0.39, 0.29) is 11.9 Å². The summed E-state index contributed by atoms with van der Waals surface area (Å²) < 4.78 is 29.8. The summed E-state index contributed by atoms with van der Waals surface area (Å²) in [5, 5.41) is 14.0. The number of anilines is 1. The highest BCUT2D eigenvalue weighted by Gasteiger charge is 2.30. The van der Waals surface area contributed by atoms with Crippen molar-refractivity contribution in [1.29, 1.82) is 0 Å². The number of β-amino-alcohol motifs (C(OH)–C–C–N with tert-alkyl or cyclic N) is 1. The number of aliphatic hydroxyl groups excluding tert-OH is 1. The maximum absolute atomic E-state index is 14.4. The summed E-state index contributed by atoms with van der Waals surface area (Å²) in [7, 11) is 0. The molecule has 156 valence electrons. The van der Waals surface area contributed by atoms with E-state index in [9.17, 15) is 18.7 Å². The van der Waals surface area contributed by atoms with Crippen molar-refractivity contribution in [3.63, 3.8) is 0 Å². The highest BCUT2D eigenvalue weighted by molar-refractivity contribution is 6.01. The van der Waals surface area contributed by atoms with Gasteiger partial charge in [-0.3, -0.25) is 4.79 Å². The predicted molar refractivity (Wildman–Crippen MR) is 107 cm³/mol. The minimum Gasteiger partial charge on any atom is -0.391 e. The smallest absolute Gasteiger partial charge is 0.257 e. The van der Waals surface area contributed by atoms with Crippen LogP contribution in [0.4, 0.5) is 14.5 Å². The minimum atomic E-state index is -0.488. The molecular formula is C22H22F2N4O2. The molecule has 0 spiro atoms. The largest absolute Gasteiger partial charge is 0.391 e. The monoisotopic (exact) mass is 412 g/mol. The van der Waals surface area contributed by atoms with E-state index in [0.717, 1.165) is 24.6 Å². The van der Waals surface area contributed by atoms with Crippen molar-refractivity contribution < 1.29 is 18.7 Å². The number of carbonyl (C=O) groups excluding carboxylic acids is 1. The number of aliphatic hydroxyl groups is 1. The summed E-state index contributed by atoms with van der Waals surface area (Å²) in [6.45, 7) is 1.56. The van der Waals surface area contributed by atoms with Gasteiger partial charge in [-0.05, 0) is 49.6 Å². The van der Waals surface area contributed by atoms with E-state index < -0.39 is 17.7 Å². The summed E-state index contributed by atoms with van der Waals surface area (Å²) in [6, 6.07) is 7.06. The van der Waals surface area contributed by atoms with Crippen molar-refractivity contribution in [2.24, 2.45) is 0 Å². The van der Waals surface area contributed by atoms with Gasteiger partial charge < -0.3 is 14.9 Å². The first-order valence-electron chi connectivity index (χ1n) is 10.2. The average Bonchev–Trinajstić information content (AvgIpc) is 3.47. The van der Waals surface area contributed by atoms with Crippen LogP contribution in [0.3, 0.4) is 0 Å². The van der Waals surface area contributed by atoms with Crippen LogP contribution in [0.25, 0.3) is 5.52 Å². The Morgan fingerprint density at radius 1 is 1.13 bits per heavy atom. The molecule has 0 bridgehead atoms. The van der Waals surface area contributed by atoms with E-state index in [0.29, 0.717) is 42.7 Å². The average molecular weight is 412 g/mol. The van der Waals surface area contributed by atoms with Gasteiger partial charge in [0.05, 0.1) is 29.4 Å². The highest BCUT2D eigenvalue weighted by atomic mass is 19.1. The molecule has 2 aromatic heterocycles. The second-order valence-corrected chi connectivity index (χ2v) is 7.98. The summed E-state index contributed by atoms with van der Waals surface area (Å²) in [5.74, 6) is -1.03. The molecule has 1 aromatic carbocycles. The number of amides is 1. The summed E-state index contributed by atoms with van der Waals surface area (Å²) in [6.07, 6.45) is 4.99. The van der Waals surface area contributed by atoms with Crippen LogP contribution in [-0.2, 0) is 0 Å². The Kier molecular flexibility index (Phi) is 4.66. The quantitative estimate of drug-likeness (QED) is 0.718. The molecule has 0 saturated carbocycles. The molecule has 2 unspecified atom stereocenters. The number of pyridine rings is 1. The molecule has 30 heavy (non-hydrogen) atoms. The molecule has 1 amide bonds. The molecule has 2 aliphatic heterocycles. The van der Waals surface area contributed by atoms with Crippen LogP contribution in [0.1, 0.15) is 41.2 Å². The van der Waals surface area contributed by atoms with Crippen molar-refractivity contribution in [3.05, 3.63) is 65.5 Å². The number of hydrogen-bond acceptors (Lipinski definition) is 4. The molecule has 6 nitrogen and oxygen atoms in total. The SMILES string of the molecule is O=C(c1cnn2ccc(N3CCCC3c3cc(F)ccc3F)cc12)N1CCC(O)C1.